The third-order valence-corrected chi connectivity index (χ3v) is 1.29. The fraction of sp³-hybridized carbons (Fsp3) is 0.400. The molecule has 4 N–H and O–H groups in total. The second-order valence-electron chi connectivity index (χ2n) is 2.21. The van der Waals surface area contributed by atoms with E-state index in [1.807, 2.05) is 5.16 Å². The Morgan fingerprint density at radius 1 is 1.83 bits per heavy atom. The summed E-state index contributed by atoms with van der Waals surface area (Å²) in [5.74, 6) is -1.18. The summed E-state index contributed by atoms with van der Waals surface area (Å²) in [6.45, 7) is 0. The fourth-order valence-corrected chi connectivity index (χ4v) is 0.645. The van der Waals surface area contributed by atoms with Gasteiger partial charge in [0.2, 0.25) is 0 Å². The fourth-order valence-electron chi connectivity index (χ4n) is 0.645. The lowest BCUT2D eigenvalue weighted by Gasteiger charge is -1.99. The van der Waals surface area contributed by atoms with Crippen molar-refractivity contribution in [2.24, 2.45) is 5.73 Å². The number of hydrogen-bond donors (Lipinski definition) is 3. The van der Waals surface area contributed by atoms with E-state index in [0.29, 0.717) is 0 Å². The van der Waals surface area contributed by atoms with Crippen LogP contribution in [0.4, 0.5) is 0 Å². The molecule has 0 saturated heterocycles. The lowest BCUT2D eigenvalue weighted by atomic mass is 10.2. The molecule has 0 radical (unpaired) electrons. The van der Waals surface area contributed by atoms with Crippen LogP contribution < -0.4 is 11.3 Å². The van der Waals surface area contributed by atoms with Crippen molar-refractivity contribution in [2.45, 2.75) is 12.5 Å². The number of aromatic amines is 1. The van der Waals surface area contributed by atoms with Crippen LogP contribution in [0.25, 0.3) is 0 Å². The van der Waals surface area contributed by atoms with E-state index in [4.69, 9.17) is 10.8 Å². The molecule has 0 fully saturated rings. The van der Waals surface area contributed by atoms with Crippen molar-refractivity contribution in [3.63, 3.8) is 0 Å². The van der Waals surface area contributed by atoms with E-state index < -0.39 is 17.6 Å². The number of carboxylic acids is 1. The van der Waals surface area contributed by atoms with E-state index in [1.54, 1.807) is 0 Å². The van der Waals surface area contributed by atoms with E-state index in [1.165, 1.54) is 0 Å². The van der Waals surface area contributed by atoms with Gasteiger partial charge in [0.1, 0.15) is 6.04 Å². The minimum Gasteiger partial charge on any atom is -0.480 e. The second-order valence-corrected chi connectivity index (χ2v) is 2.21. The lowest BCUT2D eigenvalue weighted by Crippen LogP contribution is -2.33. The number of nitrogens with zero attached hydrogens (tertiary/aromatic N) is 1. The molecule has 1 aromatic heterocycles. The van der Waals surface area contributed by atoms with Crippen molar-refractivity contribution >= 4 is 5.97 Å². The predicted molar refractivity (Wildman–Crippen MR) is 36.4 cm³/mol. The van der Waals surface area contributed by atoms with Gasteiger partial charge in [-0.05, 0) is 0 Å². The highest BCUT2D eigenvalue weighted by atomic mass is 16.6. The molecule has 7 heteroatoms. The molecule has 0 unspecified atom stereocenters. The number of carboxylic acid groups (broad SMARTS) is 1. The first-order valence-electron chi connectivity index (χ1n) is 3.13. The zero-order valence-electron chi connectivity index (χ0n) is 5.98. The maximum atomic E-state index is 10.7. The molecule has 1 aromatic rings. The molecule has 12 heavy (non-hydrogen) atoms. The summed E-state index contributed by atoms with van der Waals surface area (Å²) < 4.78 is 4.19. The summed E-state index contributed by atoms with van der Waals surface area (Å²) in [4.78, 5) is 21.0. The first-order valence-corrected chi connectivity index (χ1v) is 3.13. The van der Waals surface area contributed by atoms with Crippen LogP contribution in [0.1, 0.15) is 5.69 Å². The summed E-state index contributed by atoms with van der Waals surface area (Å²) in [6, 6.07) is -1.13. The molecule has 7 nitrogen and oxygen atoms in total. The van der Waals surface area contributed by atoms with Crippen LogP contribution in [-0.4, -0.2) is 27.4 Å². The van der Waals surface area contributed by atoms with Gasteiger partial charge in [-0.1, -0.05) is 5.16 Å². The van der Waals surface area contributed by atoms with Gasteiger partial charge in [0.25, 0.3) is 0 Å². The molecule has 1 heterocycles. The minimum absolute atomic E-state index is 0.00935. The predicted octanol–water partition coefficient (Wildman–Crippen LogP) is -1.68. The summed E-state index contributed by atoms with van der Waals surface area (Å²) >= 11 is 0. The molecule has 0 aliphatic heterocycles. The van der Waals surface area contributed by atoms with Gasteiger partial charge < -0.3 is 10.8 Å². The van der Waals surface area contributed by atoms with Gasteiger partial charge in [-0.2, -0.15) is 5.16 Å². The normalized spacial score (nSPS) is 12.8. The van der Waals surface area contributed by atoms with Crippen molar-refractivity contribution in [1.29, 1.82) is 0 Å². The molecular formula is C5H7N3O4. The monoisotopic (exact) mass is 173 g/mol. The Balaban J connectivity index is 2.70. The molecular weight excluding hydrogens is 166 g/mol. The Morgan fingerprint density at radius 2 is 2.50 bits per heavy atom. The van der Waals surface area contributed by atoms with Gasteiger partial charge in [0.05, 0.1) is 0 Å². The molecule has 0 aliphatic carbocycles. The zero-order chi connectivity index (χ0) is 9.14. The first-order chi connectivity index (χ1) is 5.61. The van der Waals surface area contributed by atoms with Crippen LogP contribution in [-0.2, 0) is 11.2 Å². The molecule has 0 amide bonds. The van der Waals surface area contributed by atoms with E-state index >= 15 is 0 Å². The summed E-state index contributed by atoms with van der Waals surface area (Å²) in [7, 11) is 0. The summed E-state index contributed by atoms with van der Waals surface area (Å²) in [6.07, 6.45) is -0.138. The lowest BCUT2D eigenvalue weighted by molar-refractivity contribution is -0.138. The maximum absolute atomic E-state index is 10.7. The number of H-pyrrole nitrogens is 1. The topological polar surface area (TPSA) is 122 Å². The van der Waals surface area contributed by atoms with Gasteiger partial charge in [-0.3, -0.25) is 14.2 Å². The highest BCUT2D eigenvalue weighted by molar-refractivity contribution is 5.73. The molecule has 0 bridgehead atoms. The highest BCUT2D eigenvalue weighted by Crippen LogP contribution is 1.90. The van der Waals surface area contributed by atoms with Crippen molar-refractivity contribution < 1.29 is 14.5 Å². The Hall–Kier alpha value is -1.63. The third-order valence-electron chi connectivity index (χ3n) is 1.29. The second kappa shape index (κ2) is 3.18. The SMILES string of the molecule is N[C@@H](Cc1no[nH]c1=O)C(=O)O. The van der Waals surface area contributed by atoms with Crippen LogP contribution in [0.15, 0.2) is 9.42 Å². The maximum Gasteiger partial charge on any atom is 0.320 e. The number of aromatic nitrogens is 2. The molecule has 0 spiro atoms. The van der Waals surface area contributed by atoms with Crippen LogP contribution in [0.5, 0.6) is 0 Å². The summed E-state index contributed by atoms with van der Waals surface area (Å²) in [5, 5.41) is 13.6. The van der Waals surface area contributed by atoms with Gasteiger partial charge >= 0.3 is 11.5 Å². The van der Waals surface area contributed by atoms with E-state index in [-0.39, 0.29) is 12.1 Å². The number of carbonyl (C=O) groups is 1. The Bertz CT molecular complexity index is 327. The zero-order valence-corrected chi connectivity index (χ0v) is 5.98. The average molecular weight is 173 g/mol. The Morgan fingerprint density at radius 3 is 2.92 bits per heavy atom. The standard InChI is InChI=1S/C5H7N3O4/c6-2(5(10)11)1-3-4(9)8-12-7-3/h2H,1,6H2,(H,8,9)(H,10,11)/t2-/m0/s1. The Labute approximate surface area is 66.1 Å². The van der Waals surface area contributed by atoms with Gasteiger partial charge in [0.15, 0.2) is 5.69 Å². The quantitative estimate of drug-likeness (QED) is 0.501. The number of aliphatic carboxylic acids is 1. The molecule has 0 aromatic carbocycles. The Kier molecular flexibility index (Phi) is 2.24. The van der Waals surface area contributed by atoms with E-state index in [0.717, 1.165) is 0 Å². The average Bonchev–Trinajstić information content (AvgIpc) is 2.36. The first kappa shape index (κ1) is 8.47. The van der Waals surface area contributed by atoms with E-state index in [9.17, 15) is 9.59 Å². The molecule has 66 valence electrons. The third kappa shape index (κ3) is 1.70. The number of nitrogens with two attached hydrogens (primary N) is 1. The van der Waals surface area contributed by atoms with Gasteiger partial charge in [-0.25, -0.2) is 0 Å². The number of rotatable bonds is 3. The van der Waals surface area contributed by atoms with Crippen molar-refractivity contribution in [2.75, 3.05) is 0 Å². The summed E-state index contributed by atoms with van der Waals surface area (Å²) in [5.41, 5.74) is 4.58. The molecule has 0 saturated carbocycles. The van der Waals surface area contributed by atoms with Crippen LogP contribution in [0.2, 0.25) is 0 Å². The number of hydrogen-bond acceptors (Lipinski definition) is 5. The van der Waals surface area contributed by atoms with Gasteiger partial charge in [0, 0.05) is 6.42 Å². The molecule has 0 aliphatic rings. The van der Waals surface area contributed by atoms with Crippen molar-refractivity contribution in [3.05, 3.63) is 16.0 Å². The van der Waals surface area contributed by atoms with Crippen LogP contribution >= 0.6 is 0 Å². The largest absolute Gasteiger partial charge is 0.480 e. The highest BCUT2D eigenvalue weighted by Gasteiger charge is 2.16. The smallest absolute Gasteiger partial charge is 0.320 e. The minimum atomic E-state index is -1.18. The molecule has 1 atom stereocenters. The molecule has 1 rings (SSSR count). The van der Waals surface area contributed by atoms with Crippen molar-refractivity contribution in [1.82, 2.24) is 10.3 Å². The van der Waals surface area contributed by atoms with Crippen molar-refractivity contribution in [3.8, 4) is 0 Å². The number of nitrogens with one attached hydrogen (secondary N) is 1. The van der Waals surface area contributed by atoms with Gasteiger partial charge in [-0.15, -0.1) is 0 Å². The van der Waals surface area contributed by atoms with Crippen LogP contribution in [0, 0.1) is 0 Å². The van der Waals surface area contributed by atoms with E-state index in [2.05, 4.69) is 9.79 Å². The van der Waals surface area contributed by atoms with Crippen LogP contribution in [0.3, 0.4) is 0 Å².